The van der Waals surface area contributed by atoms with Crippen LogP contribution < -0.4 is 10.6 Å². The third kappa shape index (κ3) is 5.09. The normalized spacial score (nSPS) is 10.4. The van der Waals surface area contributed by atoms with Gasteiger partial charge >= 0.3 is 0 Å². The number of rotatable bonds is 8. The van der Waals surface area contributed by atoms with Crippen LogP contribution in [0.3, 0.4) is 0 Å². The lowest BCUT2D eigenvalue weighted by atomic mass is 10.1. The second-order valence-corrected chi connectivity index (χ2v) is 4.38. The monoisotopic (exact) mass is 299 g/mol. The van der Waals surface area contributed by atoms with Crippen LogP contribution in [0, 0.1) is 22.9 Å². The van der Waals surface area contributed by atoms with Crippen molar-refractivity contribution in [1.82, 2.24) is 10.6 Å². The van der Waals surface area contributed by atoms with Crippen molar-refractivity contribution in [1.29, 1.82) is 0 Å². The summed E-state index contributed by atoms with van der Waals surface area (Å²) in [5.41, 5.74) is -0.566. The summed E-state index contributed by atoms with van der Waals surface area (Å²) < 4.78 is 18.7. The molecule has 2 N–H and O–H groups in total. The fourth-order valence-electron chi connectivity index (χ4n) is 1.68. The minimum Gasteiger partial charge on any atom is -0.383 e. The first kappa shape index (κ1) is 17.0. The number of hydrogen-bond acceptors (Lipinski definition) is 5. The summed E-state index contributed by atoms with van der Waals surface area (Å²) in [6.45, 7) is 3.34. The van der Waals surface area contributed by atoms with Crippen LogP contribution in [-0.4, -0.2) is 44.2 Å². The number of carbonyl (C=O) groups is 1. The molecular formula is C13H18FN3O4. The van der Waals surface area contributed by atoms with E-state index in [2.05, 4.69) is 10.6 Å². The Hall–Kier alpha value is -2.06. The first-order valence-electron chi connectivity index (χ1n) is 6.39. The predicted octanol–water partition coefficient (Wildman–Crippen LogP) is 1.01. The van der Waals surface area contributed by atoms with Crippen LogP contribution >= 0.6 is 0 Å². The van der Waals surface area contributed by atoms with Gasteiger partial charge in [0, 0.05) is 38.9 Å². The number of carbonyl (C=O) groups excluding carboxylic acids is 1. The molecule has 8 heteroatoms. The molecule has 0 aromatic heterocycles. The average Bonchev–Trinajstić information content (AvgIpc) is 2.44. The average molecular weight is 299 g/mol. The van der Waals surface area contributed by atoms with E-state index in [9.17, 15) is 19.3 Å². The van der Waals surface area contributed by atoms with E-state index in [1.807, 2.05) is 0 Å². The standard InChI is InChI=1S/C13H18FN3O4/c1-9-7-10(17(19)20)8-11(12(9)14)13(18)16-4-3-15-5-6-21-2/h7-8,15H,3-6H2,1-2H3,(H,16,18). The fourth-order valence-corrected chi connectivity index (χ4v) is 1.68. The van der Waals surface area contributed by atoms with Crippen molar-refractivity contribution in [2.24, 2.45) is 0 Å². The highest BCUT2D eigenvalue weighted by atomic mass is 19.1. The second-order valence-electron chi connectivity index (χ2n) is 4.38. The third-order valence-corrected chi connectivity index (χ3v) is 2.77. The van der Waals surface area contributed by atoms with Gasteiger partial charge in [0.2, 0.25) is 0 Å². The maximum atomic E-state index is 13.9. The number of nitrogens with one attached hydrogen (secondary N) is 2. The zero-order chi connectivity index (χ0) is 15.8. The van der Waals surface area contributed by atoms with Gasteiger partial charge in [0.25, 0.3) is 11.6 Å². The molecule has 1 aromatic rings. The lowest BCUT2D eigenvalue weighted by molar-refractivity contribution is -0.385. The summed E-state index contributed by atoms with van der Waals surface area (Å²) in [5, 5.41) is 16.2. The topological polar surface area (TPSA) is 93.5 Å². The smallest absolute Gasteiger partial charge is 0.270 e. The number of aryl methyl sites for hydroxylation is 1. The molecule has 0 bridgehead atoms. The molecule has 0 spiro atoms. The van der Waals surface area contributed by atoms with Gasteiger partial charge in [-0.2, -0.15) is 0 Å². The van der Waals surface area contributed by atoms with Crippen molar-refractivity contribution in [3.05, 3.63) is 39.2 Å². The van der Waals surface area contributed by atoms with Gasteiger partial charge in [0.15, 0.2) is 0 Å². The van der Waals surface area contributed by atoms with Gasteiger partial charge in [-0.05, 0) is 12.5 Å². The van der Waals surface area contributed by atoms with E-state index in [0.29, 0.717) is 19.7 Å². The van der Waals surface area contributed by atoms with Crippen LogP contribution in [0.5, 0.6) is 0 Å². The zero-order valence-corrected chi connectivity index (χ0v) is 11.9. The summed E-state index contributed by atoms with van der Waals surface area (Å²) in [6.07, 6.45) is 0. The molecule has 0 saturated carbocycles. The molecule has 0 fully saturated rings. The van der Waals surface area contributed by atoms with E-state index in [0.717, 1.165) is 12.1 Å². The maximum Gasteiger partial charge on any atom is 0.270 e. The lowest BCUT2D eigenvalue weighted by Crippen LogP contribution is -2.33. The summed E-state index contributed by atoms with van der Waals surface area (Å²) in [5.74, 6) is -1.42. The van der Waals surface area contributed by atoms with Crippen LogP contribution in [0.4, 0.5) is 10.1 Å². The molecule has 0 aliphatic heterocycles. The lowest BCUT2D eigenvalue weighted by Gasteiger charge is -2.08. The highest BCUT2D eigenvalue weighted by Gasteiger charge is 2.19. The van der Waals surface area contributed by atoms with Crippen LogP contribution in [0.2, 0.25) is 0 Å². The molecule has 116 valence electrons. The Morgan fingerprint density at radius 1 is 1.38 bits per heavy atom. The molecule has 0 heterocycles. The molecule has 7 nitrogen and oxygen atoms in total. The third-order valence-electron chi connectivity index (χ3n) is 2.77. The van der Waals surface area contributed by atoms with E-state index in [4.69, 9.17) is 4.74 Å². The van der Waals surface area contributed by atoms with Crippen molar-refractivity contribution in [2.75, 3.05) is 33.4 Å². The van der Waals surface area contributed by atoms with Crippen molar-refractivity contribution in [3.8, 4) is 0 Å². The van der Waals surface area contributed by atoms with Crippen LogP contribution in [-0.2, 0) is 4.74 Å². The molecule has 1 aromatic carbocycles. The minimum atomic E-state index is -0.745. The number of nitro groups is 1. The number of ether oxygens (including phenoxy) is 1. The summed E-state index contributed by atoms with van der Waals surface area (Å²) in [4.78, 5) is 21.9. The molecule has 21 heavy (non-hydrogen) atoms. The number of non-ortho nitro benzene ring substituents is 1. The molecule has 1 amide bonds. The number of nitro benzene ring substituents is 1. The van der Waals surface area contributed by atoms with Gasteiger partial charge in [-0.15, -0.1) is 0 Å². The van der Waals surface area contributed by atoms with E-state index in [1.54, 1.807) is 7.11 Å². The maximum absolute atomic E-state index is 13.9. The highest BCUT2D eigenvalue weighted by molar-refractivity contribution is 5.95. The molecular weight excluding hydrogens is 281 g/mol. The Kier molecular flexibility index (Phi) is 6.70. The number of methoxy groups -OCH3 is 1. The second kappa shape index (κ2) is 8.28. The van der Waals surface area contributed by atoms with Gasteiger partial charge in [-0.1, -0.05) is 0 Å². The minimum absolute atomic E-state index is 0.0626. The molecule has 0 aliphatic rings. The molecule has 0 radical (unpaired) electrons. The molecule has 0 aliphatic carbocycles. The molecule has 0 atom stereocenters. The van der Waals surface area contributed by atoms with Crippen molar-refractivity contribution < 1.29 is 18.8 Å². The Morgan fingerprint density at radius 2 is 2.10 bits per heavy atom. The Bertz CT molecular complexity index is 522. The van der Waals surface area contributed by atoms with Gasteiger partial charge in [0.1, 0.15) is 5.82 Å². The van der Waals surface area contributed by atoms with E-state index in [-0.39, 0.29) is 23.4 Å². The zero-order valence-electron chi connectivity index (χ0n) is 11.9. The first-order valence-corrected chi connectivity index (χ1v) is 6.39. The van der Waals surface area contributed by atoms with Crippen molar-refractivity contribution in [3.63, 3.8) is 0 Å². The van der Waals surface area contributed by atoms with Gasteiger partial charge in [-0.25, -0.2) is 4.39 Å². The Morgan fingerprint density at radius 3 is 2.71 bits per heavy atom. The number of hydrogen-bond donors (Lipinski definition) is 2. The van der Waals surface area contributed by atoms with Crippen molar-refractivity contribution >= 4 is 11.6 Å². The van der Waals surface area contributed by atoms with Gasteiger partial charge in [-0.3, -0.25) is 14.9 Å². The number of amides is 1. The van der Waals surface area contributed by atoms with Gasteiger partial charge < -0.3 is 15.4 Å². The Labute approximate surface area is 121 Å². The SMILES string of the molecule is COCCNCCNC(=O)c1cc([N+](=O)[O-])cc(C)c1F. The van der Waals surface area contributed by atoms with E-state index < -0.39 is 16.6 Å². The molecule has 0 saturated heterocycles. The highest BCUT2D eigenvalue weighted by Crippen LogP contribution is 2.20. The van der Waals surface area contributed by atoms with E-state index in [1.165, 1.54) is 6.92 Å². The predicted molar refractivity (Wildman–Crippen MR) is 74.9 cm³/mol. The van der Waals surface area contributed by atoms with Crippen LogP contribution in [0.1, 0.15) is 15.9 Å². The Balaban J connectivity index is 2.63. The number of halogens is 1. The fraction of sp³-hybridized carbons (Fsp3) is 0.462. The van der Waals surface area contributed by atoms with Crippen LogP contribution in [0.15, 0.2) is 12.1 Å². The van der Waals surface area contributed by atoms with Crippen LogP contribution in [0.25, 0.3) is 0 Å². The summed E-state index contributed by atoms with van der Waals surface area (Å²) in [7, 11) is 1.58. The van der Waals surface area contributed by atoms with E-state index >= 15 is 0 Å². The number of benzene rings is 1. The van der Waals surface area contributed by atoms with Crippen molar-refractivity contribution in [2.45, 2.75) is 6.92 Å². The van der Waals surface area contributed by atoms with Gasteiger partial charge in [0.05, 0.1) is 17.1 Å². The molecule has 1 rings (SSSR count). The summed E-state index contributed by atoms with van der Waals surface area (Å²) >= 11 is 0. The first-order chi connectivity index (χ1) is 9.97. The largest absolute Gasteiger partial charge is 0.383 e. The molecule has 0 unspecified atom stereocenters. The summed E-state index contributed by atoms with van der Waals surface area (Å²) in [6, 6.07) is 2.04. The quantitative estimate of drug-likeness (QED) is 0.424. The number of nitrogens with zero attached hydrogens (tertiary/aromatic N) is 1.